The number of hydrogen-bond donors (Lipinski definition) is 1. The molecule has 1 amide bonds. The summed E-state index contributed by atoms with van der Waals surface area (Å²) in [4.78, 5) is 11.5. The average molecular weight is 201 g/mol. The number of benzene rings is 1. The SMILES string of the molecule is C#Cc1ccc([C@H](C)C(=O)NCC)cc1. The molecule has 1 aromatic carbocycles. The van der Waals surface area contributed by atoms with Gasteiger partial charge >= 0.3 is 0 Å². The molecular weight excluding hydrogens is 186 g/mol. The Morgan fingerprint density at radius 3 is 2.53 bits per heavy atom. The van der Waals surface area contributed by atoms with Gasteiger partial charge in [-0.3, -0.25) is 4.79 Å². The molecule has 2 heteroatoms. The summed E-state index contributed by atoms with van der Waals surface area (Å²) in [5.41, 5.74) is 1.82. The van der Waals surface area contributed by atoms with E-state index in [1.54, 1.807) is 0 Å². The molecule has 0 aliphatic carbocycles. The van der Waals surface area contributed by atoms with E-state index >= 15 is 0 Å². The van der Waals surface area contributed by atoms with Crippen molar-refractivity contribution in [1.29, 1.82) is 0 Å². The molecule has 0 aliphatic heterocycles. The van der Waals surface area contributed by atoms with Gasteiger partial charge in [-0.1, -0.05) is 18.1 Å². The van der Waals surface area contributed by atoms with Crippen LogP contribution in [0.15, 0.2) is 24.3 Å². The number of rotatable bonds is 3. The van der Waals surface area contributed by atoms with Crippen molar-refractivity contribution in [2.75, 3.05) is 6.54 Å². The lowest BCUT2D eigenvalue weighted by Crippen LogP contribution is -2.27. The van der Waals surface area contributed by atoms with Crippen molar-refractivity contribution in [3.63, 3.8) is 0 Å². The van der Waals surface area contributed by atoms with Crippen molar-refractivity contribution < 1.29 is 4.79 Å². The third-order valence-corrected chi connectivity index (χ3v) is 2.32. The molecule has 0 saturated carbocycles. The highest BCUT2D eigenvalue weighted by Crippen LogP contribution is 2.15. The van der Waals surface area contributed by atoms with Crippen LogP contribution in [0, 0.1) is 12.3 Å². The number of carbonyl (C=O) groups is 1. The number of terminal acetylenes is 1. The summed E-state index contributed by atoms with van der Waals surface area (Å²) in [6, 6.07) is 7.50. The molecule has 0 fully saturated rings. The lowest BCUT2D eigenvalue weighted by atomic mass is 9.99. The number of nitrogens with one attached hydrogen (secondary N) is 1. The molecule has 0 saturated heterocycles. The van der Waals surface area contributed by atoms with Crippen LogP contribution in [0.25, 0.3) is 0 Å². The Balaban J connectivity index is 2.79. The zero-order valence-electron chi connectivity index (χ0n) is 9.08. The minimum Gasteiger partial charge on any atom is -0.356 e. The van der Waals surface area contributed by atoms with Crippen molar-refractivity contribution in [1.82, 2.24) is 5.32 Å². The van der Waals surface area contributed by atoms with Crippen molar-refractivity contribution in [2.24, 2.45) is 0 Å². The first-order valence-electron chi connectivity index (χ1n) is 5.03. The largest absolute Gasteiger partial charge is 0.356 e. The maximum Gasteiger partial charge on any atom is 0.227 e. The lowest BCUT2D eigenvalue weighted by Gasteiger charge is -2.11. The average Bonchev–Trinajstić information content (AvgIpc) is 2.28. The zero-order valence-corrected chi connectivity index (χ0v) is 9.08. The maximum atomic E-state index is 11.5. The smallest absolute Gasteiger partial charge is 0.227 e. The van der Waals surface area contributed by atoms with Crippen LogP contribution in [0.4, 0.5) is 0 Å². The second kappa shape index (κ2) is 5.21. The Labute approximate surface area is 90.7 Å². The van der Waals surface area contributed by atoms with Gasteiger partial charge in [0.2, 0.25) is 5.91 Å². The first-order valence-corrected chi connectivity index (χ1v) is 5.03. The van der Waals surface area contributed by atoms with Gasteiger partial charge in [-0.05, 0) is 31.5 Å². The van der Waals surface area contributed by atoms with Crippen LogP contribution in [0.5, 0.6) is 0 Å². The van der Waals surface area contributed by atoms with Crippen molar-refractivity contribution in [3.05, 3.63) is 35.4 Å². The molecule has 0 bridgehead atoms. The van der Waals surface area contributed by atoms with E-state index in [0.717, 1.165) is 11.1 Å². The van der Waals surface area contributed by atoms with Gasteiger partial charge in [0.05, 0.1) is 5.92 Å². The van der Waals surface area contributed by atoms with Gasteiger partial charge < -0.3 is 5.32 Å². The molecule has 1 rings (SSSR count). The molecule has 0 spiro atoms. The predicted molar refractivity (Wildman–Crippen MR) is 61.5 cm³/mol. The Morgan fingerprint density at radius 1 is 1.47 bits per heavy atom. The molecule has 0 heterocycles. The van der Waals surface area contributed by atoms with Crippen LogP contribution in [-0.4, -0.2) is 12.5 Å². The molecule has 0 radical (unpaired) electrons. The van der Waals surface area contributed by atoms with Gasteiger partial charge in [0.25, 0.3) is 0 Å². The Morgan fingerprint density at radius 2 is 2.07 bits per heavy atom. The number of likely N-dealkylation sites (N-methyl/N-ethyl adjacent to an activating group) is 1. The Hall–Kier alpha value is -1.75. The molecule has 15 heavy (non-hydrogen) atoms. The minimum atomic E-state index is -0.128. The number of carbonyl (C=O) groups excluding carboxylic acids is 1. The van der Waals surface area contributed by atoms with E-state index in [-0.39, 0.29) is 11.8 Å². The van der Waals surface area contributed by atoms with Crippen molar-refractivity contribution >= 4 is 5.91 Å². The molecule has 0 unspecified atom stereocenters. The van der Waals surface area contributed by atoms with E-state index in [0.29, 0.717) is 6.54 Å². The highest BCUT2D eigenvalue weighted by molar-refractivity contribution is 5.83. The summed E-state index contributed by atoms with van der Waals surface area (Å²) in [6.45, 7) is 4.45. The standard InChI is InChI=1S/C13H15NO/c1-4-11-6-8-12(9-7-11)10(3)13(15)14-5-2/h1,6-10H,5H2,2-3H3,(H,14,15)/t10-/m0/s1. The molecule has 1 N–H and O–H groups in total. The zero-order chi connectivity index (χ0) is 11.3. The Kier molecular flexibility index (Phi) is 3.93. The first-order chi connectivity index (χ1) is 7.19. The monoisotopic (exact) mass is 201 g/mol. The summed E-state index contributed by atoms with van der Waals surface area (Å²) >= 11 is 0. The van der Waals surface area contributed by atoms with E-state index in [2.05, 4.69) is 11.2 Å². The van der Waals surface area contributed by atoms with Crippen LogP contribution in [-0.2, 0) is 4.79 Å². The van der Waals surface area contributed by atoms with Gasteiger partial charge in [0.15, 0.2) is 0 Å². The number of amides is 1. The third kappa shape index (κ3) is 2.85. The summed E-state index contributed by atoms with van der Waals surface area (Å²) in [6.07, 6.45) is 5.25. The van der Waals surface area contributed by atoms with E-state index in [1.165, 1.54) is 0 Å². The lowest BCUT2D eigenvalue weighted by molar-refractivity contribution is -0.122. The molecule has 78 valence electrons. The normalized spacial score (nSPS) is 11.5. The summed E-state index contributed by atoms with van der Waals surface area (Å²) in [5.74, 6) is 2.47. The second-order valence-electron chi connectivity index (χ2n) is 3.38. The molecule has 1 aromatic rings. The fourth-order valence-corrected chi connectivity index (χ4v) is 1.35. The second-order valence-corrected chi connectivity index (χ2v) is 3.38. The van der Waals surface area contributed by atoms with E-state index < -0.39 is 0 Å². The third-order valence-electron chi connectivity index (χ3n) is 2.32. The molecular formula is C13H15NO. The van der Waals surface area contributed by atoms with Gasteiger partial charge in [-0.15, -0.1) is 6.42 Å². The fourth-order valence-electron chi connectivity index (χ4n) is 1.35. The van der Waals surface area contributed by atoms with Crippen molar-refractivity contribution in [2.45, 2.75) is 19.8 Å². The summed E-state index contributed by atoms with van der Waals surface area (Å²) in [7, 11) is 0. The Bertz CT molecular complexity index is 373. The van der Waals surface area contributed by atoms with Gasteiger partial charge in [-0.25, -0.2) is 0 Å². The van der Waals surface area contributed by atoms with Crippen LogP contribution < -0.4 is 5.32 Å². The van der Waals surface area contributed by atoms with Crippen LogP contribution >= 0.6 is 0 Å². The van der Waals surface area contributed by atoms with Crippen molar-refractivity contribution in [3.8, 4) is 12.3 Å². The molecule has 2 nitrogen and oxygen atoms in total. The quantitative estimate of drug-likeness (QED) is 0.744. The van der Waals surface area contributed by atoms with E-state index in [4.69, 9.17) is 6.42 Å². The highest BCUT2D eigenvalue weighted by Gasteiger charge is 2.13. The summed E-state index contributed by atoms with van der Waals surface area (Å²) < 4.78 is 0. The predicted octanol–water partition coefficient (Wildman–Crippen LogP) is 1.91. The van der Waals surface area contributed by atoms with Gasteiger partial charge in [0, 0.05) is 12.1 Å². The van der Waals surface area contributed by atoms with Crippen LogP contribution in [0.1, 0.15) is 30.9 Å². The van der Waals surface area contributed by atoms with E-state index in [1.807, 2.05) is 38.1 Å². The van der Waals surface area contributed by atoms with Crippen LogP contribution in [0.3, 0.4) is 0 Å². The van der Waals surface area contributed by atoms with Crippen LogP contribution in [0.2, 0.25) is 0 Å². The van der Waals surface area contributed by atoms with E-state index in [9.17, 15) is 4.79 Å². The summed E-state index contributed by atoms with van der Waals surface area (Å²) in [5, 5.41) is 2.79. The first kappa shape index (κ1) is 11.3. The number of hydrogen-bond acceptors (Lipinski definition) is 1. The highest BCUT2D eigenvalue weighted by atomic mass is 16.1. The molecule has 1 atom stereocenters. The van der Waals surface area contributed by atoms with Gasteiger partial charge in [0.1, 0.15) is 0 Å². The minimum absolute atomic E-state index is 0.0472. The molecule has 0 aliphatic rings. The topological polar surface area (TPSA) is 29.1 Å². The molecule has 0 aromatic heterocycles. The fraction of sp³-hybridized carbons (Fsp3) is 0.308. The van der Waals surface area contributed by atoms with Gasteiger partial charge in [-0.2, -0.15) is 0 Å². The maximum absolute atomic E-state index is 11.5.